The minimum Gasteiger partial charge on any atom is -0.506 e. The Bertz CT molecular complexity index is 999. The predicted molar refractivity (Wildman–Crippen MR) is 103 cm³/mol. The van der Waals surface area contributed by atoms with Gasteiger partial charge >= 0.3 is 5.97 Å². The van der Waals surface area contributed by atoms with Gasteiger partial charge in [-0.25, -0.2) is 4.79 Å². The van der Waals surface area contributed by atoms with Crippen molar-refractivity contribution < 1.29 is 14.6 Å². The number of hydrogen-bond donors (Lipinski definition) is 2. The Morgan fingerprint density at radius 1 is 1.27 bits per heavy atom. The molecule has 0 radical (unpaired) electrons. The monoisotopic (exact) mass is 356 g/mol. The Labute approximate surface area is 152 Å². The molecule has 26 heavy (non-hydrogen) atoms. The second-order valence-electron chi connectivity index (χ2n) is 5.58. The number of rotatable bonds is 3. The van der Waals surface area contributed by atoms with Crippen LogP contribution in [0.15, 0.2) is 35.3 Å². The lowest BCUT2D eigenvalue weighted by atomic mass is 9.99. The first-order valence-electron chi connectivity index (χ1n) is 8.59. The fourth-order valence-corrected chi connectivity index (χ4v) is 2.95. The molecule has 2 heterocycles. The van der Waals surface area contributed by atoms with Crippen LogP contribution in [0.25, 0.3) is 22.2 Å². The Hall–Kier alpha value is -3.02. The fourth-order valence-electron chi connectivity index (χ4n) is 2.95. The zero-order valence-electron chi connectivity index (χ0n) is 15.7. The third-order valence-corrected chi connectivity index (χ3v) is 4.21. The van der Waals surface area contributed by atoms with Crippen molar-refractivity contribution in [2.75, 3.05) is 7.11 Å². The van der Waals surface area contributed by atoms with Gasteiger partial charge in [0.25, 0.3) is 5.56 Å². The van der Waals surface area contributed by atoms with E-state index in [2.05, 4.69) is 9.72 Å². The van der Waals surface area contributed by atoms with Crippen LogP contribution in [0.1, 0.15) is 36.7 Å². The number of nitrogens with zero attached hydrogens (tertiary/aromatic N) is 1. The van der Waals surface area contributed by atoms with E-state index in [9.17, 15) is 14.7 Å². The minimum atomic E-state index is -0.853. The normalized spacial score (nSPS) is 10.3. The number of aromatic amines is 1. The van der Waals surface area contributed by atoms with Crippen LogP contribution < -0.4 is 5.56 Å². The maximum Gasteiger partial charge on any atom is 0.347 e. The van der Waals surface area contributed by atoms with Crippen molar-refractivity contribution in [3.8, 4) is 17.0 Å². The lowest BCUT2D eigenvalue weighted by Crippen LogP contribution is -2.21. The number of methoxy groups -OCH3 is 1. The standard InChI is InChI=1S/C18H18N2O4.C2H6/c1-4-12-15(19-17(22)14(16(12)21)18(23)24-3)11-5-6-13-10(9-11)7-8-20(13)2;1-2/h5-9H,4H2,1-3H3,(H2,19,21,22);1-2H3. The first-order chi connectivity index (χ1) is 12.5. The first kappa shape index (κ1) is 19.3. The Morgan fingerprint density at radius 2 is 1.96 bits per heavy atom. The summed E-state index contributed by atoms with van der Waals surface area (Å²) in [6, 6.07) is 7.75. The van der Waals surface area contributed by atoms with Gasteiger partial charge < -0.3 is 19.4 Å². The second kappa shape index (κ2) is 7.91. The number of carbonyl (C=O) groups excluding carboxylic acids is 1. The summed E-state index contributed by atoms with van der Waals surface area (Å²) in [7, 11) is 3.13. The van der Waals surface area contributed by atoms with Gasteiger partial charge in [0.15, 0.2) is 5.56 Å². The molecule has 2 N–H and O–H groups in total. The zero-order chi connectivity index (χ0) is 19.4. The summed E-state index contributed by atoms with van der Waals surface area (Å²) >= 11 is 0. The Kier molecular flexibility index (Phi) is 5.87. The summed E-state index contributed by atoms with van der Waals surface area (Å²) in [6.45, 7) is 5.85. The molecule has 6 heteroatoms. The summed E-state index contributed by atoms with van der Waals surface area (Å²) in [5.74, 6) is -1.18. The van der Waals surface area contributed by atoms with Gasteiger partial charge in [0.05, 0.1) is 12.8 Å². The van der Waals surface area contributed by atoms with Crippen molar-refractivity contribution in [2.45, 2.75) is 27.2 Å². The molecular weight excluding hydrogens is 332 g/mol. The minimum absolute atomic E-state index is 0.323. The molecule has 0 saturated heterocycles. The maximum atomic E-state index is 12.2. The largest absolute Gasteiger partial charge is 0.506 e. The summed E-state index contributed by atoms with van der Waals surface area (Å²) in [5, 5.41) is 11.4. The number of aromatic hydroxyl groups is 1. The molecule has 0 unspecified atom stereocenters. The molecule has 0 bridgehead atoms. The number of esters is 1. The zero-order valence-corrected chi connectivity index (χ0v) is 15.7. The lowest BCUT2D eigenvalue weighted by molar-refractivity contribution is 0.0595. The molecule has 0 saturated carbocycles. The van der Waals surface area contributed by atoms with Gasteiger partial charge in [0.1, 0.15) is 5.75 Å². The summed E-state index contributed by atoms with van der Waals surface area (Å²) < 4.78 is 6.58. The van der Waals surface area contributed by atoms with Gasteiger partial charge in [-0.1, -0.05) is 26.8 Å². The number of aryl methyl sites for hydroxylation is 1. The second-order valence-corrected chi connectivity index (χ2v) is 5.58. The molecule has 0 aliphatic rings. The molecular formula is C20H24N2O4. The SMILES string of the molecule is CC.CCc1c(-c2ccc3c(ccn3C)c2)[nH]c(=O)c(C(=O)OC)c1O. The topological polar surface area (TPSA) is 84.3 Å². The number of H-pyrrole nitrogens is 1. The van der Waals surface area contributed by atoms with E-state index in [1.807, 2.05) is 62.8 Å². The highest BCUT2D eigenvalue weighted by Crippen LogP contribution is 2.31. The maximum absolute atomic E-state index is 12.2. The highest BCUT2D eigenvalue weighted by Gasteiger charge is 2.23. The quantitative estimate of drug-likeness (QED) is 0.702. The van der Waals surface area contributed by atoms with Crippen molar-refractivity contribution in [1.82, 2.24) is 9.55 Å². The smallest absolute Gasteiger partial charge is 0.347 e. The van der Waals surface area contributed by atoms with Crippen molar-refractivity contribution in [3.63, 3.8) is 0 Å². The van der Waals surface area contributed by atoms with Crippen molar-refractivity contribution >= 4 is 16.9 Å². The third-order valence-electron chi connectivity index (χ3n) is 4.21. The number of benzene rings is 1. The van der Waals surface area contributed by atoms with Crippen LogP contribution in [0.5, 0.6) is 5.75 Å². The molecule has 0 aliphatic carbocycles. The molecule has 0 atom stereocenters. The van der Waals surface area contributed by atoms with Gasteiger partial charge in [-0.15, -0.1) is 0 Å². The van der Waals surface area contributed by atoms with Crippen LogP contribution in [-0.2, 0) is 18.2 Å². The molecule has 3 rings (SSSR count). The van der Waals surface area contributed by atoms with Crippen LogP contribution in [0.3, 0.4) is 0 Å². The van der Waals surface area contributed by atoms with E-state index in [0.717, 1.165) is 16.5 Å². The van der Waals surface area contributed by atoms with Crippen LogP contribution >= 0.6 is 0 Å². The van der Waals surface area contributed by atoms with Gasteiger partial charge in [-0.2, -0.15) is 0 Å². The predicted octanol–water partition coefficient (Wildman–Crippen LogP) is 3.61. The van der Waals surface area contributed by atoms with E-state index in [1.165, 1.54) is 7.11 Å². The third kappa shape index (κ3) is 3.22. The van der Waals surface area contributed by atoms with Crippen LogP contribution in [0.4, 0.5) is 0 Å². The number of fused-ring (bicyclic) bond motifs is 1. The van der Waals surface area contributed by atoms with E-state index < -0.39 is 11.5 Å². The van der Waals surface area contributed by atoms with Crippen molar-refractivity contribution in [3.05, 3.63) is 51.9 Å². The fraction of sp³-hybridized carbons (Fsp3) is 0.300. The number of ether oxygens (including phenoxy) is 1. The average Bonchev–Trinajstić information content (AvgIpc) is 3.03. The molecule has 0 spiro atoms. The molecule has 0 amide bonds. The molecule has 138 valence electrons. The molecule has 3 aromatic rings. The number of hydrogen-bond acceptors (Lipinski definition) is 4. The van der Waals surface area contributed by atoms with Gasteiger partial charge in [0.2, 0.25) is 0 Å². The number of carbonyl (C=O) groups is 1. The van der Waals surface area contributed by atoms with Gasteiger partial charge in [-0.05, 0) is 30.2 Å². The van der Waals surface area contributed by atoms with Gasteiger partial charge in [-0.3, -0.25) is 4.79 Å². The Morgan fingerprint density at radius 3 is 2.58 bits per heavy atom. The van der Waals surface area contributed by atoms with Crippen molar-refractivity contribution in [1.29, 1.82) is 0 Å². The lowest BCUT2D eigenvalue weighted by Gasteiger charge is -2.13. The van der Waals surface area contributed by atoms with Crippen LogP contribution in [0.2, 0.25) is 0 Å². The van der Waals surface area contributed by atoms with E-state index in [1.54, 1.807) is 0 Å². The van der Waals surface area contributed by atoms with E-state index >= 15 is 0 Å². The Balaban J connectivity index is 0.00000117. The first-order valence-corrected chi connectivity index (χ1v) is 8.59. The summed E-state index contributed by atoms with van der Waals surface area (Å²) in [6.07, 6.45) is 2.41. The molecule has 1 aromatic carbocycles. The molecule has 2 aromatic heterocycles. The number of pyridine rings is 1. The summed E-state index contributed by atoms with van der Waals surface area (Å²) in [5.41, 5.74) is 1.83. The molecule has 0 aliphatic heterocycles. The summed E-state index contributed by atoms with van der Waals surface area (Å²) in [4.78, 5) is 26.7. The van der Waals surface area contributed by atoms with E-state index in [0.29, 0.717) is 17.7 Å². The van der Waals surface area contributed by atoms with Gasteiger partial charge in [0, 0.05) is 29.7 Å². The van der Waals surface area contributed by atoms with Crippen LogP contribution in [-0.4, -0.2) is 27.7 Å². The number of aromatic nitrogens is 2. The van der Waals surface area contributed by atoms with E-state index in [4.69, 9.17) is 0 Å². The average molecular weight is 356 g/mol. The molecule has 6 nitrogen and oxygen atoms in total. The van der Waals surface area contributed by atoms with E-state index in [-0.39, 0.29) is 11.3 Å². The van der Waals surface area contributed by atoms with Crippen LogP contribution in [0, 0.1) is 0 Å². The highest BCUT2D eigenvalue weighted by molar-refractivity contribution is 5.94. The van der Waals surface area contributed by atoms with Crippen molar-refractivity contribution in [2.24, 2.45) is 7.05 Å². The molecule has 0 fully saturated rings. The highest BCUT2D eigenvalue weighted by atomic mass is 16.5. The number of nitrogens with one attached hydrogen (secondary N) is 1.